The number of nitrogens with one attached hydrogen (secondary N) is 2. The first kappa shape index (κ1) is 8.76. The predicted molar refractivity (Wildman–Crippen MR) is 43.7 cm³/mol. The van der Waals surface area contributed by atoms with Crippen molar-refractivity contribution in [3.05, 3.63) is 33.2 Å². The second kappa shape index (κ2) is 3.38. The second-order valence-corrected chi connectivity index (χ2v) is 2.47. The van der Waals surface area contributed by atoms with Crippen molar-refractivity contribution in [2.45, 2.75) is 0 Å². The van der Waals surface area contributed by atoms with Gasteiger partial charge in [-0.1, -0.05) is 11.6 Å². The van der Waals surface area contributed by atoms with E-state index in [1.54, 1.807) is 0 Å². The van der Waals surface area contributed by atoms with Crippen molar-refractivity contribution in [3.8, 4) is 0 Å². The van der Waals surface area contributed by atoms with Gasteiger partial charge in [-0.2, -0.15) is 0 Å². The summed E-state index contributed by atoms with van der Waals surface area (Å²) >= 11 is 5.53. The molecule has 0 saturated carbocycles. The lowest BCUT2D eigenvalue weighted by atomic mass is 10.3. The van der Waals surface area contributed by atoms with E-state index in [1.807, 2.05) is 5.43 Å². The van der Waals surface area contributed by atoms with Gasteiger partial charge in [-0.25, -0.2) is 5.84 Å². The molecule has 1 aromatic heterocycles. The van der Waals surface area contributed by atoms with Crippen LogP contribution in [-0.2, 0) is 0 Å². The zero-order valence-electron chi connectivity index (χ0n) is 5.93. The lowest BCUT2D eigenvalue weighted by molar-refractivity contribution is 0.0952. The van der Waals surface area contributed by atoms with Crippen LogP contribution in [0.2, 0.25) is 5.02 Å². The molecule has 64 valence electrons. The van der Waals surface area contributed by atoms with Crippen molar-refractivity contribution in [2.75, 3.05) is 0 Å². The summed E-state index contributed by atoms with van der Waals surface area (Å²) in [6.45, 7) is 0. The third-order valence-electron chi connectivity index (χ3n) is 1.24. The molecule has 12 heavy (non-hydrogen) atoms. The fraction of sp³-hybridized carbons (Fsp3) is 0. The van der Waals surface area contributed by atoms with Gasteiger partial charge in [0.05, 0.1) is 5.02 Å². The maximum Gasteiger partial charge on any atom is 0.270 e. The van der Waals surface area contributed by atoms with Crippen molar-refractivity contribution in [3.63, 3.8) is 0 Å². The van der Waals surface area contributed by atoms with E-state index in [4.69, 9.17) is 17.4 Å². The molecule has 1 heterocycles. The molecule has 0 bridgehead atoms. The summed E-state index contributed by atoms with van der Waals surface area (Å²) in [5.41, 5.74) is 1.20. The Labute approximate surface area is 72.5 Å². The van der Waals surface area contributed by atoms with Crippen LogP contribution in [0, 0.1) is 0 Å². The Morgan fingerprint density at radius 3 is 2.92 bits per heavy atom. The maximum atomic E-state index is 10.9. The molecule has 6 heteroatoms. The lowest BCUT2D eigenvalue weighted by Crippen LogP contribution is -2.34. The number of nitrogens with two attached hydrogens (primary N) is 1. The predicted octanol–water partition coefficient (Wildman–Crippen LogP) is -0.368. The molecule has 0 radical (unpaired) electrons. The number of amides is 1. The summed E-state index contributed by atoms with van der Waals surface area (Å²) in [7, 11) is 0. The fourth-order valence-corrected chi connectivity index (χ4v) is 0.867. The van der Waals surface area contributed by atoms with Gasteiger partial charge in [0.1, 0.15) is 5.56 Å². The Hall–Kier alpha value is -1.33. The minimum Gasteiger partial charge on any atom is -0.327 e. The number of carbonyl (C=O) groups excluding carboxylic acids is 1. The summed E-state index contributed by atoms with van der Waals surface area (Å²) in [5.74, 6) is 4.16. The molecule has 1 aromatic rings. The number of pyridine rings is 1. The highest BCUT2D eigenvalue weighted by atomic mass is 35.5. The Morgan fingerprint density at radius 2 is 2.33 bits per heavy atom. The summed E-state index contributed by atoms with van der Waals surface area (Å²) < 4.78 is 0. The van der Waals surface area contributed by atoms with E-state index in [1.165, 1.54) is 12.3 Å². The summed E-state index contributed by atoms with van der Waals surface area (Å²) in [6, 6.07) is 1.24. The summed E-state index contributed by atoms with van der Waals surface area (Å²) in [4.78, 5) is 24.1. The van der Waals surface area contributed by atoms with Crippen LogP contribution < -0.4 is 16.8 Å². The van der Waals surface area contributed by atoms with Crippen molar-refractivity contribution in [2.24, 2.45) is 5.84 Å². The zero-order valence-corrected chi connectivity index (χ0v) is 6.68. The van der Waals surface area contributed by atoms with Crippen molar-refractivity contribution in [1.29, 1.82) is 0 Å². The monoisotopic (exact) mass is 187 g/mol. The van der Waals surface area contributed by atoms with Gasteiger partial charge in [0, 0.05) is 6.20 Å². The minimum atomic E-state index is -0.668. The van der Waals surface area contributed by atoms with Crippen LogP contribution in [0.15, 0.2) is 17.1 Å². The molecular weight excluding hydrogens is 182 g/mol. The number of aromatic amines is 1. The number of H-pyrrole nitrogens is 1. The molecule has 0 unspecified atom stereocenters. The van der Waals surface area contributed by atoms with Gasteiger partial charge in [0.2, 0.25) is 0 Å². The molecule has 0 fully saturated rings. The third-order valence-corrected chi connectivity index (χ3v) is 1.46. The SMILES string of the molecule is NNC(=O)c1cc(Cl)c[nH]c1=O. The van der Waals surface area contributed by atoms with E-state index < -0.39 is 11.5 Å². The van der Waals surface area contributed by atoms with Gasteiger partial charge in [0.25, 0.3) is 11.5 Å². The summed E-state index contributed by atoms with van der Waals surface area (Å²) in [6.07, 6.45) is 1.29. The highest BCUT2D eigenvalue weighted by Crippen LogP contribution is 2.04. The summed E-state index contributed by atoms with van der Waals surface area (Å²) in [5, 5.41) is 0.271. The number of hydrogen-bond donors (Lipinski definition) is 3. The van der Waals surface area contributed by atoms with E-state index in [2.05, 4.69) is 4.98 Å². The molecule has 1 amide bonds. The van der Waals surface area contributed by atoms with Gasteiger partial charge in [-0.15, -0.1) is 0 Å². The number of aromatic nitrogens is 1. The number of nitrogen functional groups attached to an aromatic ring is 1. The largest absolute Gasteiger partial charge is 0.327 e. The fourth-order valence-electron chi connectivity index (χ4n) is 0.704. The topological polar surface area (TPSA) is 88.0 Å². The van der Waals surface area contributed by atoms with Crippen LogP contribution in [0.3, 0.4) is 0 Å². The number of carbonyl (C=O) groups is 1. The standard InChI is InChI=1S/C6H6ClN3O2/c7-3-1-4(6(12)10-8)5(11)9-2-3/h1-2H,8H2,(H,9,11)(H,10,12). The maximum absolute atomic E-state index is 10.9. The molecule has 0 aliphatic carbocycles. The molecule has 0 spiro atoms. The van der Waals surface area contributed by atoms with Crippen molar-refractivity contribution < 1.29 is 4.79 Å². The van der Waals surface area contributed by atoms with Crippen molar-refractivity contribution >= 4 is 17.5 Å². The number of halogens is 1. The van der Waals surface area contributed by atoms with E-state index in [9.17, 15) is 9.59 Å². The van der Waals surface area contributed by atoms with Crippen LogP contribution in [-0.4, -0.2) is 10.9 Å². The van der Waals surface area contributed by atoms with E-state index in [0.717, 1.165) is 0 Å². The highest BCUT2D eigenvalue weighted by Gasteiger charge is 2.08. The van der Waals surface area contributed by atoms with Gasteiger partial charge in [-0.3, -0.25) is 15.0 Å². The Bertz CT molecular complexity index is 360. The first-order valence-corrected chi connectivity index (χ1v) is 3.42. The number of hydrogen-bond acceptors (Lipinski definition) is 3. The Balaban J connectivity index is 3.23. The molecule has 0 aliphatic rings. The number of hydrazine groups is 1. The average molecular weight is 188 g/mol. The molecule has 0 atom stereocenters. The first-order valence-electron chi connectivity index (χ1n) is 3.04. The van der Waals surface area contributed by atoms with Gasteiger partial charge in [0.15, 0.2) is 0 Å². The van der Waals surface area contributed by atoms with Crippen LogP contribution in [0.4, 0.5) is 0 Å². The Morgan fingerprint density at radius 1 is 1.67 bits per heavy atom. The second-order valence-electron chi connectivity index (χ2n) is 2.03. The zero-order chi connectivity index (χ0) is 9.14. The van der Waals surface area contributed by atoms with Gasteiger partial charge < -0.3 is 4.98 Å². The van der Waals surface area contributed by atoms with E-state index in [-0.39, 0.29) is 10.6 Å². The molecule has 1 rings (SSSR count). The average Bonchev–Trinajstić information content (AvgIpc) is 2.08. The third kappa shape index (κ3) is 1.63. The normalized spacial score (nSPS) is 9.50. The van der Waals surface area contributed by atoms with E-state index >= 15 is 0 Å². The van der Waals surface area contributed by atoms with Crippen molar-refractivity contribution in [1.82, 2.24) is 10.4 Å². The van der Waals surface area contributed by atoms with Gasteiger partial charge >= 0.3 is 0 Å². The molecule has 5 nitrogen and oxygen atoms in total. The molecular formula is C6H6ClN3O2. The molecule has 4 N–H and O–H groups in total. The smallest absolute Gasteiger partial charge is 0.270 e. The van der Waals surface area contributed by atoms with Crippen LogP contribution in [0.5, 0.6) is 0 Å². The first-order chi connectivity index (χ1) is 5.65. The van der Waals surface area contributed by atoms with Crippen LogP contribution >= 0.6 is 11.6 Å². The molecule has 0 aliphatic heterocycles. The van der Waals surface area contributed by atoms with Gasteiger partial charge in [-0.05, 0) is 6.07 Å². The number of rotatable bonds is 1. The minimum absolute atomic E-state index is 0.106. The molecule has 0 aromatic carbocycles. The highest BCUT2D eigenvalue weighted by molar-refractivity contribution is 6.30. The molecule has 0 saturated heterocycles. The van der Waals surface area contributed by atoms with E-state index in [0.29, 0.717) is 0 Å². The van der Waals surface area contributed by atoms with Crippen LogP contribution in [0.25, 0.3) is 0 Å². The quantitative estimate of drug-likeness (QED) is 0.319. The van der Waals surface area contributed by atoms with Crippen LogP contribution in [0.1, 0.15) is 10.4 Å². The lowest BCUT2D eigenvalue weighted by Gasteiger charge is -1.97. The Kier molecular flexibility index (Phi) is 2.47.